The van der Waals surface area contributed by atoms with Gasteiger partial charge in [-0.25, -0.2) is 0 Å². The number of nitrogens with one attached hydrogen (secondary N) is 1. The van der Waals surface area contributed by atoms with Crippen molar-refractivity contribution < 1.29 is 9.59 Å². The van der Waals surface area contributed by atoms with Crippen molar-refractivity contribution in [1.29, 1.82) is 0 Å². The van der Waals surface area contributed by atoms with E-state index in [1.807, 2.05) is 11.8 Å². The quantitative estimate of drug-likeness (QED) is 0.712. The third-order valence-electron chi connectivity index (χ3n) is 3.33. The van der Waals surface area contributed by atoms with Crippen molar-refractivity contribution in [2.24, 2.45) is 0 Å². The van der Waals surface area contributed by atoms with Crippen LogP contribution < -0.4 is 5.32 Å². The van der Waals surface area contributed by atoms with Crippen molar-refractivity contribution in [3.63, 3.8) is 0 Å². The summed E-state index contributed by atoms with van der Waals surface area (Å²) in [6.45, 7) is 6.81. The SMILES string of the molecule is CCNCC(=O)N1CCCN(CC(=O)N(C)C)CC1. The van der Waals surface area contributed by atoms with Crippen LogP contribution in [0.3, 0.4) is 0 Å². The molecule has 0 bridgehead atoms. The van der Waals surface area contributed by atoms with Crippen LogP contribution in [0.2, 0.25) is 0 Å². The molecule has 1 heterocycles. The van der Waals surface area contributed by atoms with Crippen LogP contribution >= 0.6 is 0 Å². The van der Waals surface area contributed by atoms with Gasteiger partial charge in [-0.2, -0.15) is 0 Å². The number of carbonyl (C=O) groups excluding carboxylic acids is 2. The molecule has 0 saturated carbocycles. The van der Waals surface area contributed by atoms with E-state index in [0.717, 1.165) is 32.6 Å². The highest BCUT2D eigenvalue weighted by atomic mass is 16.2. The number of likely N-dealkylation sites (N-methyl/N-ethyl adjacent to an activating group) is 2. The lowest BCUT2D eigenvalue weighted by Crippen LogP contribution is -2.41. The summed E-state index contributed by atoms with van der Waals surface area (Å²) in [5.74, 6) is 0.273. The van der Waals surface area contributed by atoms with Crippen LogP contribution in [-0.2, 0) is 9.59 Å². The highest BCUT2D eigenvalue weighted by Gasteiger charge is 2.20. The zero-order valence-corrected chi connectivity index (χ0v) is 12.3. The molecule has 0 aliphatic carbocycles. The molecule has 0 aromatic carbocycles. The van der Waals surface area contributed by atoms with Crippen molar-refractivity contribution >= 4 is 11.8 Å². The Labute approximate surface area is 115 Å². The molecule has 6 heteroatoms. The van der Waals surface area contributed by atoms with E-state index >= 15 is 0 Å². The minimum absolute atomic E-state index is 0.118. The molecule has 6 nitrogen and oxygen atoms in total. The predicted octanol–water partition coefficient (Wildman–Crippen LogP) is -0.782. The zero-order chi connectivity index (χ0) is 14.3. The fourth-order valence-corrected chi connectivity index (χ4v) is 2.05. The molecule has 0 atom stereocenters. The Morgan fingerprint density at radius 1 is 1.16 bits per heavy atom. The Kier molecular flexibility index (Phi) is 6.80. The lowest BCUT2D eigenvalue weighted by atomic mass is 10.3. The van der Waals surface area contributed by atoms with Gasteiger partial charge in [0.05, 0.1) is 13.1 Å². The largest absolute Gasteiger partial charge is 0.348 e. The summed E-state index contributed by atoms with van der Waals surface area (Å²) >= 11 is 0. The smallest absolute Gasteiger partial charge is 0.236 e. The van der Waals surface area contributed by atoms with Gasteiger partial charge < -0.3 is 15.1 Å². The Bertz CT molecular complexity index is 307. The first-order valence-electron chi connectivity index (χ1n) is 6.95. The minimum atomic E-state index is 0.118. The maximum Gasteiger partial charge on any atom is 0.236 e. The molecule has 0 aromatic rings. The lowest BCUT2D eigenvalue weighted by Gasteiger charge is -2.22. The highest BCUT2D eigenvalue weighted by Crippen LogP contribution is 2.03. The van der Waals surface area contributed by atoms with Crippen LogP contribution in [0.25, 0.3) is 0 Å². The van der Waals surface area contributed by atoms with Crippen molar-refractivity contribution in [2.45, 2.75) is 13.3 Å². The molecule has 1 fully saturated rings. The topological polar surface area (TPSA) is 55.9 Å². The van der Waals surface area contributed by atoms with E-state index in [0.29, 0.717) is 19.6 Å². The Hall–Kier alpha value is -1.14. The maximum absolute atomic E-state index is 11.9. The number of amides is 2. The van der Waals surface area contributed by atoms with Gasteiger partial charge in [-0.05, 0) is 13.0 Å². The second-order valence-corrected chi connectivity index (χ2v) is 5.08. The third kappa shape index (κ3) is 5.57. The maximum atomic E-state index is 11.9. The second-order valence-electron chi connectivity index (χ2n) is 5.08. The number of hydrogen-bond donors (Lipinski definition) is 1. The second kappa shape index (κ2) is 8.12. The molecule has 19 heavy (non-hydrogen) atoms. The van der Waals surface area contributed by atoms with Gasteiger partial charge in [0.2, 0.25) is 11.8 Å². The van der Waals surface area contributed by atoms with Crippen LogP contribution in [0.5, 0.6) is 0 Å². The monoisotopic (exact) mass is 270 g/mol. The van der Waals surface area contributed by atoms with E-state index in [4.69, 9.17) is 0 Å². The van der Waals surface area contributed by atoms with Crippen LogP contribution in [0.1, 0.15) is 13.3 Å². The molecule has 110 valence electrons. The first kappa shape index (κ1) is 15.9. The fourth-order valence-electron chi connectivity index (χ4n) is 2.05. The lowest BCUT2D eigenvalue weighted by molar-refractivity contribution is -0.130. The highest BCUT2D eigenvalue weighted by molar-refractivity contribution is 5.78. The number of nitrogens with zero attached hydrogens (tertiary/aromatic N) is 3. The first-order chi connectivity index (χ1) is 9.04. The molecular formula is C13H26N4O2. The zero-order valence-electron chi connectivity index (χ0n) is 12.3. The summed E-state index contributed by atoms with van der Waals surface area (Å²) in [6.07, 6.45) is 0.929. The average molecular weight is 270 g/mol. The van der Waals surface area contributed by atoms with E-state index in [1.165, 1.54) is 0 Å². The van der Waals surface area contributed by atoms with Gasteiger partial charge in [0, 0.05) is 40.3 Å². The fraction of sp³-hybridized carbons (Fsp3) is 0.846. The van der Waals surface area contributed by atoms with E-state index in [-0.39, 0.29) is 11.8 Å². The van der Waals surface area contributed by atoms with E-state index in [2.05, 4.69) is 10.2 Å². The molecule has 0 radical (unpaired) electrons. The van der Waals surface area contributed by atoms with Crippen LogP contribution in [0.4, 0.5) is 0 Å². The van der Waals surface area contributed by atoms with E-state index in [9.17, 15) is 9.59 Å². The van der Waals surface area contributed by atoms with Crippen LogP contribution in [-0.4, -0.2) is 86.4 Å². The number of hydrogen-bond acceptors (Lipinski definition) is 4. The Morgan fingerprint density at radius 2 is 1.89 bits per heavy atom. The van der Waals surface area contributed by atoms with Gasteiger partial charge in [0.25, 0.3) is 0 Å². The van der Waals surface area contributed by atoms with Crippen LogP contribution in [0, 0.1) is 0 Å². The summed E-state index contributed by atoms with van der Waals surface area (Å²) in [6, 6.07) is 0. The molecule has 2 amide bonds. The number of rotatable bonds is 5. The van der Waals surface area contributed by atoms with Gasteiger partial charge in [-0.3, -0.25) is 14.5 Å². The van der Waals surface area contributed by atoms with Crippen molar-refractivity contribution in [3.8, 4) is 0 Å². The molecule has 0 aromatic heterocycles. The molecule has 1 saturated heterocycles. The molecule has 0 spiro atoms. The third-order valence-corrected chi connectivity index (χ3v) is 3.33. The van der Waals surface area contributed by atoms with Gasteiger partial charge >= 0.3 is 0 Å². The summed E-state index contributed by atoms with van der Waals surface area (Å²) in [4.78, 5) is 29.2. The van der Waals surface area contributed by atoms with Crippen molar-refractivity contribution in [1.82, 2.24) is 20.0 Å². The first-order valence-corrected chi connectivity index (χ1v) is 6.95. The van der Waals surface area contributed by atoms with E-state index in [1.54, 1.807) is 19.0 Å². The van der Waals surface area contributed by atoms with E-state index < -0.39 is 0 Å². The van der Waals surface area contributed by atoms with Crippen molar-refractivity contribution in [2.75, 3.05) is 59.9 Å². The van der Waals surface area contributed by atoms with Gasteiger partial charge in [0.15, 0.2) is 0 Å². The molecule has 1 N–H and O–H groups in total. The molecule has 1 aliphatic heterocycles. The molecular weight excluding hydrogens is 244 g/mol. The molecule has 1 aliphatic rings. The minimum Gasteiger partial charge on any atom is -0.348 e. The van der Waals surface area contributed by atoms with Crippen molar-refractivity contribution in [3.05, 3.63) is 0 Å². The van der Waals surface area contributed by atoms with Gasteiger partial charge in [0.1, 0.15) is 0 Å². The summed E-state index contributed by atoms with van der Waals surface area (Å²) in [5, 5.41) is 3.06. The Balaban J connectivity index is 2.38. The number of carbonyl (C=O) groups is 2. The normalized spacial score (nSPS) is 17.1. The average Bonchev–Trinajstić information content (AvgIpc) is 2.61. The van der Waals surface area contributed by atoms with Gasteiger partial charge in [-0.15, -0.1) is 0 Å². The Morgan fingerprint density at radius 3 is 2.53 bits per heavy atom. The summed E-state index contributed by atoms with van der Waals surface area (Å²) in [5.41, 5.74) is 0. The van der Waals surface area contributed by atoms with Crippen LogP contribution in [0.15, 0.2) is 0 Å². The summed E-state index contributed by atoms with van der Waals surface area (Å²) in [7, 11) is 3.54. The predicted molar refractivity (Wildman–Crippen MR) is 74.9 cm³/mol. The molecule has 0 unspecified atom stereocenters. The van der Waals surface area contributed by atoms with Gasteiger partial charge in [-0.1, -0.05) is 6.92 Å². The standard InChI is InChI=1S/C13H26N4O2/c1-4-14-10-12(18)17-7-5-6-16(8-9-17)11-13(19)15(2)3/h14H,4-11H2,1-3H3. The summed E-state index contributed by atoms with van der Waals surface area (Å²) < 4.78 is 0. The molecule has 1 rings (SSSR count).